The number of hydrogen-bond donors (Lipinski definition) is 3. The van der Waals surface area contributed by atoms with Crippen LogP contribution in [0.1, 0.15) is 39.0 Å². The zero-order chi connectivity index (χ0) is 13.4. The van der Waals surface area contributed by atoms with Crippen LogP contribution in [0.3, 0.4) is 0 Å². The molecule has 1 fully saturated rings. The molecule has 1 unspecified atom stereocenters. The number of amides is 2. The zero-order valence-corrected chi connectivity index (χ0v) is 11.4. The highest BCUT2D eigenvalue weighted by atomic mass is 16.5. The molecule has 1 rings (SSSR count). The van der Waals surface area contributed by atoms with Crippen LogP contribution in [0, 0.1) is 5.92 Å². The summed E-state index contributed by atoms with van der Waals surface area (Å²) in [5.41, 5.74) is 0. The van der Waals surface area contributed by atoms with Crippen LogP contribution >= 0.6 is 0 Å². The van der Waals surface area contributed by atoms with Crippen molar-refractivity contribution in [2.24, 2.45) is 5.92 Å². The molecule has 0 heterocycles. The fourth-order valence-corrected chi connectivity index (χ4v) is 2.27. The maximum atomic E-state index is 11.6. The molecule has 1 saturated carbocycles. The third-order valence-corrected chi connectivity index (χ3v) is 3.47. The number of rotatable bonds is 6. The van der Waals surface area contributed by atoms with Crippen molar-refractivity contribution >= 4 is 6.03 Å². The zero-order valence-electron chi connectivity index (χ0n) is 11.4. The first-order valence-electron chi connectivity index (χ1n) is 6.83. The molecular formula is C13H26N2O3. The molecule has 5 heteroatoms. The summed E-state index contributed by atoms with van der Waals surface area (Å²) < 4.78 is 4.81. The summed E-state index contributed by atoms with van der Waals surface area (Å²) >= 11 is 0. The smallest absolute Gasteiger partial charge is 0.315 e. The number of aliphatic hydroxyl groups excluding tert-OH is 1. The number of methoxy groups -OCH3 is 1. The average molecular weight is 258 g/mol. The predicted octanol–water partition coefficient (Wildman–Crippen LogP) is 1.26. The highest BCUT2D eigenvalue weighted by Crippen LogP contribution is 2.23. The molecule has 0 saturated heterocycles. The number of carbonyl (C=O) groups excluding carboxylic acids is 1. The summed E-state index contributed by atoms with van der Waals surface area (Å²) in [5.74, 6) is 0.787. The summed E-state index contributed by atoms with van der Waals surface area (Å²) in [5, 5.41) is 15.2. The third kappa shape index (κ3) is 6.21. The third-order valence-electron chi connectivity index (χ3n) is 3.47. The minimum Gasteiger partial charge on any atom is -0.391 e. The van der Waals surface area contributed by atoms with Gasteiger partial charge in [-0.15, -0.1) is 0 Å². The van der Waals surface area contributed by atoms with Gasteiger partial charge < -0.3 is 20.5 Å². The van der Waals surface area contributed by atoms with Crippen molar-refractivity contribution in [3.8, 4) is 0 Å². The molecule has 0 aliphatic heterocycles. The Kier molecular flexibility index (Phi) is 7.05. The van der Waals surface area contributed by atoms with Crippen LogP contribution in [0.2, 0.25) is 0 Å². The maximum Gasteiger partial charge on any atom is 0.315 e. The number of carbonyl (C=O) groups is 1. The SMILES string of the molecule is COCC(O)CCNC(=O)NC1CCC(C)CC1. The van der Waals surface area contributed by atoms with Crippen LogP contribution in [0.25, 0.3) is 0 Å². The van der Waals surface area contributed by atoms with Crippen LogP contribution in [0.5, 0.6) is 0 Å². The number of aliphatic hydroxyl groups is 1. The lowest BCUT2D eigenvalue weighted by Gasteiger charge is -2.27. The van der Waals surface area contributed by atoms with E-state index in [0.29, 0.717) is 25.6 Å². The van der Waals surface area contributed by atoms with Gasteiger partial charge >= 0.3 is 6.03 Å². The van der Waals surface area contributed by atoms with Gasteiger partial charge in [-0.25, -0.2) is 4.79 Å². The molecule has 0 spiro atoms. The molecule has 0 radical (unpaired) electrons. The van der Waals surface area contributed by atoms with Crippen LogP contribution in [-0.2, 0) is 4.74 Å². The van der Waals surface area contributed by atoms with E-state index in [1.807, 2.05) is 0 Å². The Hall–Kier alpha value is -0.810. The lowest BCUT2D eigenvalue weighted by Crippen LogP contribution is -2.44. The summed E-state index contributed by atoms with van der Waals surface area (Å²) in [7, 11) is 1.55. The highest BCUT2D eigenvalue weighted by Gasteiger charge is 2.19. The molecule has 0 aromatic heterocycles. The molecular weight excluding hydrogens is 232 g/mol. The molecule has 0 bridgehead atoms. The second kappa shape index (κ2) is 8.32. The van der Waals surface area contributed by atoms with E-state index in [1.165, 1.54) is 12.8 Å². The second-order valence-corrected chi connectivity index (χ2v) is 5.25. The first-order valence-corrected chi connectivity index (χ1v) is 6.83. The topological polar surface area (TPSA) is 70.6 Å². The van der Waals surface area contributed by atoms with Crippen molar-refractivity contribution in [3.63, 3.8) is 0 Å². The summed E-state index contributed by atoms with van der Waals surface area (Å²) in [6, 6.07) is 0.185. The van der Waals surface area contributed by atoms with Crippen LogP contribution in [0.15, 0.2) is 0 Å². The summed E-state index contributed by atoms with van der Waals surface area (Å²) in [6.07, 6.45) is 4.53. The Morgan fingerprint density at radius 2 is 2.06 bits per heavy atom. The quantitative estimate of drug-likeness (QED) is 0.672. The van der Waals surface area contributed by atoms with E-state index in [9.17, 15) is 9.90 Å². The molecule has 1 atom stereocenters. The van der Waals surface area contributed by atoms with Gasteiger partial charge in [0.25, 0.3) is 0 Å². The first-order chi connectivity index (χ1) is 8.61. The molecule has 3 N–H and O–H groups in total. The van der Waals surface area contributed by atoms with Gasteiger partial charge in [0.15, 0.2) is 0 Å². The summed E-state index contributed by atoms with van der Waals surface area (Å²) in [4.78, 5) is 11.6. The van der Waals surface area contributed by atoms with Gasteiger partial charge in [0.2, 0.25) is 0 Å². The van der Waals surface area contributed by atoms with Crippen molar-refractivity contribution in [1.82, 2.24) is 10.6 Å². The van der Waals surface area contributed by atoms with Crippen LogP contribution < -0.4 is 10.6 Å². The normalized spacial score (nSPS) is 25.5. The number of urea groups is 1. The van der Waals surface area contributed by atoms with Crippen molar-refractivity contribution in [2.75, 3.05) is 20.3 Å². The second-order valence-electron chi connectivity index (χ2n) is 5.25. The van der Waals surface area contributed by atoms with Gasteiger partial charge in [0.05, 0.1) is 12.7 Å². The van der Waals surface area contributed by atoms with E-state index < -0.39 is 6.10 Å². The Morgan fingerprint density at radius 1 is 1.39 bits per heavy atom. The van der Waals surface area contributed by atoms with Gasteiger partial charge in [-0.3, -0.25) is 0 Å². The van der Waals surface area contributed by atoms with Gasteiger partial charge in [0.1, 0.15) is 0 Å². The lowest BCUT2D eigenvalue weighted by molar-refractivity contribution is 0.0598. The molecule has 0 aromatic carbocycles. The standard InChI is InChI=1S/C13H26N2O3/c1-10-3-5-11(6-4-10)15-13(17)14-8-7-12(16)9-18-2/h10-12,16H,3-9H2,1-2H3,(H2,14,15,17). The van der Waals surface area contributed by atoms with Gasteiger partial charge in [-0.1, -0.05) is 6.92 Å². The van der Waals surface area contributed by atoms with Crippen molar-refractivity contribution in [2.45, 2.75) is 51.2 Å². The maximum absolute atomic E-state index is 11.6. The van der Waals surface area contributed by atoms with Crippen molar-refractivity contribution in [1.29, 1.82) is 0 Å². The Bertz CT molecular complexity index is 240. The lowest BCUT2D eigenvalue weighted by atomic mass is 9.87. The van der Waals surface area contributed by atoms with E-state index in [1.54, 1.807) is 7.11 Å². The minimum absolute atomic E-state index is 0.126. The van der Waals surface area contributed by atoms with E-state index in [4.69, 9.17) is 4.74 Å². The number of nitrogens with one attached hydrogen (secondary N) is 2. The monoisotopic (exact) mass is 258 g/mol. The number of ether oxygens (including phenoxy) is 1. The largest absolute Gasteiger partial charge is 0.391 e. The fourth-order valence-electron chi connectivity index (χ4n) is 2.27. The average Bonchev–Trinajstić information content (AvgIpc) is 2.32. The van der Waals surface area contributed by atoms with E-state index in [-0.39, 0.29) is 6.03 Å². The number of hydrogen-bond acceptors (Lipinski definition) is 3. The summed E-state index contributed by atoms with van der Waals surface area (Å²) in [6.45, 7) is 3.04. The first kappa shape index (κ1) is 15.2. The van der Waals surface area contributed by atoms with Crippen LogP contribution in [0.4, 0.5) is 4.79 Å². The molecule has 1 aliphatic rings. The highest BCUT2D eigenvalue weighted by molar-refractivity contribution is 5.74. The fraction of sp³-hybridized carbons (Fsp3) is 0.923. The predicted molar refractivity (Wildman–Crippen MR) is 70.5 cm³/mol. The van der Waals surface area contributed by atoms with Gasteiger partial charge in [0, 0.05) is 19.7 Å². The molecule has 2 amide bonds. The molecule has 106 valence electrons. The molecule has 1 aliphatic carbocycles. The Labute approximate surface area is 109 Å². The molecule has 0 aromatic rings. The Balaban J connectivity index is 2.06. The minimum atomic E-state index is -0.508. The molecule has 18 heavy (non-hydrogen) atoms. The Morgan fingerprint density at radius 3 is 2.67 bits per heavy atom. The van der Waals surface area contributed by atoms with Crippen molar-refractivity contribution in [3.05, 3.63) is 0 Å². The van der Waals surface area contributed by atoms with E-state index in [2.05, 4.69) is 17.6 Å². The van der Waals surface area contributed by atoms with E-state index in [0.717, 1.165) is 18.8 Å². The van der Waals surface area contributed by atoms with Crippen molar-refractivity contribution < 1.29 is 14.6 Å². The van der Waals surface area contributed by atoms with Crippen LogP contribution in [-0.4, -0.2) is 43.5 Å². The van der Waals surface area contributed by atoms with Gasteiger partial charge in [-0.2, -0.15) is 0 Å². The van der Waals surface area contributed by atoms with E-state index >= 15 is 0 Å². The molecule has 5 nitrogen and oxygen atoms in total. The van der Waals surface area contributed by atoms with Gasteiger partial charge in [-0.05, 0) is 38.0 Å².